The first kappa shape index (κ1) is 15.7. The van der Waals surface area contributed by atoms with Crippen LogP contribution in [0.4, 0.5) is 5.69 Å². The Hall–Kier alpha value is -2.17. The van der Waals surface area contributed by atoms with E-state index in [1.807, 2.05) is 36.9 Å². The number of aromatic nitrogens is 2. The van der Waals surface area contributed by atoms with Gasteiger partial charge in [0.15, 0.2) is 5.82 Å². The Morgan fingerprint density at radius 2 is 2.17 bits per heavy atom. The van der Waals surface area contributed by atoms with Crippen molar-refractivity contribution in [3.05, 3.63) is 41.5 Å². The standard InChI is InChI=1S/C18H23N3O2/c1-12(2)18-19-16(23-20-18)9-6-10-17(22)21-13(3)11-14-7-4-5-8-15(14)21/h4-5,7-8,12-13H,6,9-11H2,1-3H3/t13-/m1/s1. The molecule has 0 saturated heterocycles. The quantitative estimate of drug-likeness (QED) is 0.847. The van der Waals surface area contributed by atoms with Gasteiger partial charge in [-0.1, -0.05) is 37.2 Å². The van der Waals surface area contributed by atoms with Gasteiger partial charge >= 0.3 is 0 Å². The van der Waals surface area contributed by atoms with Crippen LogP contribution in [0, 0.1) is 0 Å². The molecule has 1 amide bonds. The van der Waals surface area contributed by atoms with Crippen LogP contribution in [-0.2, 0) is 17.6 Å². The summed E-state index contributed by atoms with van der Waals surface area (Å²) in [5.41, 5.74) is 2.32. The molecule has 122 valence electrons. The fraction of sp³-hybridized carbons (Fsp3) is 0.500. The summed E-state index contributed by atoms with van der Waals surface area (Å²) >= 11 is 0. The smallest absolute Gasteiger partial charge is 0.227 e. The van der Waals surface area contributed by atoms with Gasteiger partial charge in [0, 0.05) is 30.5 Å². The highest BCUT2D eigenvalue weighted by Gasteiger charge is 2.29. The lowest BCUT2D eigenvalue weighted by Gasteiger charge is -2.22. The molecule has 3 rings (SSSR count). The number of para-hydroxylation sites is 1. The lowest BCUT2D eigenvalue weighted by Crippen LogP contribution is -2.35. The molecule has 5 nitrogen and oxygen atoms in total. The SMILES string of the molecule is CC(C)c1noc(CCCC(=O)N2c3ccccc3C[C@H]2C)n1. The second-order valence-electron chi connectivity index (χ2n) is 6.50. The number of carbonyl (C=O) groups is 1. The van der Waals surface area contributed by atoms with Gasteiger partial charge in [-0.3, -0.25) is 4.79 Å². The molecule has 1 aromatic heterocycles. The molecule has 0 radical (unpaired) electrons. The molecule has 5 heteroatoms. The van der Waals surface area contributed by atoms with Crippen molar-refractivity contribution in [3.63, 3.8) is 0 Å². The van der Waals surface area contributed by atoms with Gasteiger partial charge in [0.1, 0.15) is 0 Å². The summed E-state index contributed by atoms with van der Waals surface area (Å²) in [6.45, 7) is 6.17. The van der Waals surface area contributed by atoms with Crippen molar-refractivity contribution < 1.29 is 9.32 Å². The second-order valence-corrected chi connectivity index (χ2v) is 6.50. The highest BCUT2D eigenvalue weighted by molar-refractivity contribution is 5.96. The molecule has 1 atom stereocenters. The Bertz CT molecular complexity index is 693. The van der Waals surface area contributed by atoms with E-state index in [1.54, 1.807) is 0 Å². The van der Waals surface area contributed by atoms with E-state index < -0.39 is 0 Å². The maximum absolute atomic E-state index is 12.6. The van der Waals surface area contributed by atoms with E-state index in [9.17, 15) is 4.79 Å². The van der Waals surface area contributed by atoms with E-state index in [1.165, 1.54) is 5.56 Å². The third-order valence-electron chi connectivity index (χ3n) is 4.26. The summed E-state index contributed by atoms with van der Waals surface area (Å²) in [6.07, 6.45) is 2.81. The lowest BCUT2D eigenvalue weighted by molar-refractivity contribution is -0.119. The number of hydrogen-bond acceptors (Lipinski definition) is 4. The Kier molecular flexibility index (Phi) is 4.46. The van der Waals surface area contributed by atoms with Crippen LogP contribution in [0.3, 0.4) is 0 Å². The summed E-state index contributed by atoms with van der Waals surface area (Å²) in [7, 11) is 0. The van der Waals surface area contributed by atoms with E-state index in [2.05, 4.69) is 23.1 Å². The fourth-order valence-electron chi connectivity index (χ4n) is 3.06. The van der Waals surface area contributed by atoms with Gasteiger partial charge in [-0.05, 0) is 31.4 Å². The number of anilines is 1. The molecule has 0 unspecified atom stereocenters. The number of hydrogen-bond donors (Lipinski definition) is 0. The summed E-state index contributed by atoms with van der Waals surface area (Å²) in [5, 5.41) is 3.95. The van der Waals surface area contributed by atoms with Gasteiger partial charge in [-0.25, -0.2) is 0 Å². The molecular formula is C18H23N3O2. The maximum atomic E-state index is 12.6. The molecule has 0 aliphatic carbocycles. The number of fused-ring (bicyclic) bond motifs is 1. The van der Waals surface area contributed by atoms with Gasteiger partial charge in [0.2, 0.25) is 11.8 Å². The van der Waals surface area contributed by atoms with Crippen molar-refractivity contribution in [3.8, 4) is 0 Å². The van der Waals surface area contributed by atoms with Crippen LogP contribution in [0.25, 0.3) is 0 Å². The summed E-state index contributed by atoms with van der Waals surface area (Å²) < 4.78 is 5.22. The van der Waals surface area contributed by atoms with Crippen LogP contribution in [0.1, 0.15) is 56.8 Å². The summed E-state index contributed by atoms with van der Waals surface area (Å²) in [6, 6.07) is 8.38. The minimum absolute atomic E-state index is 0.172. The predicted molar refractivity (Wildman–Crippen MR) is 88.4 cm³/mol. The van der Waals surface area contributed by atoms with Crippen LogP contribution in [0.2, 0.25) is 0 Å². The topological polar surface area (TPSA) is 59.2 Å². The predicted octanol–water partition coefficient (Wildman–Crippen LogP) is 3.49. The van der Waals surface area contributed by atoms with Gasteiger partial charge in [0.25, 0.3) is 0 Å². The maximum Gasteiger partial charge on any atom is 0.227 e. The zero-order valence-corrected chi connectivity index (χ0v) is 14.0. The van der Waals surface area contributed by atoms with Crippen LogP contribution in [-0.4, -0.2) is 22.1 Å². The number of rotatable bonds is 5. The zero-order chi connectivity index (χ0) is 16.4. The minimum atomic E-state index is 0.172. The van der Waals surface area contributed by atoms with Crippen LogP contribution < -0.4 is 4.90 Å². The average molecular weight is 313 g/mol. The average Bonchev–Trinajstić information content (AvgIpc) is 3.10. The normalized spacial score (nSPS) is 16.9. The molecule has 23 heavy (non-hydrogen) atoms. The first-order valence-electron chi connectivity index (χ1n) is 8.28. The van der Waals surface area contributed by atoms with E-state index >= 15 is 0 Å². The molecule has 0 fully saturated rings. The molecule has 0 N–H and O–H groups in total. The molecule has 0 saturated carbocycles. The van der Waals surface area contributed by atoms with Gasteiger partial charge in [0.05, 0.1) is 0 Å². The van der Waals surface area contributed by atoms with Crippen molar-refractivity contribution in [2.45, 2.75) is 58.4 Å². The Morgan fingerprint density at radius 1 is 1.39 bits per heavy atom. The molecular weight excluding hydrogens is 290 g/mol. The molecule has 0 bridgehead atoms. The number of benzene rings is 1. The monoisotopic (exact) mass is 313 g/mol. The van der Waals surface area contributed by atoms with Crippen LogP contribution >= 0.6 is 0 Å². The third kappa shape index (κ3) is 3.28. The van der Waals surface area contributed by atoms with Crippen molar-refractivity contribution in [1.29, 1.82) is 0 Å². The van der Waals surface area contributed by atoms with E-state index in [0.717, 1.165) is 24.4 Å². The van der Waals surface area contributed by atoms with E-state index in [-0.39, 0.29) is 17.9 Å². The second kappa shape index (κ2) is 6.52. The van der Waals surface area contributed by atoms with E-state index in [0.29, 0.717) is 18.7 Å². The summed E-state index contributed by atoms with van der Waals surface area (Å²) in [4.78, 5) is 18.9. The number of nitrogens with zero attached hydrogens (tertiary/aromatic N) is 3. The van der Waals surface area contributed by atoms with E-state index in [4.69, 9.17) is 4.52 Å². The van der Waals surface area contributed by atoms with Crippen LogP contribution in [0.15, 0.2) is 28.8 Å². The Morgan fingerprint density at radius 3 is 2.91 bits per heavy atom. The van der Waals surface area contributed by atoms with Crippen molar-refractivity contribution in [2.75, 3.05) is 4.90 Å². The molecule has 1 aliphatic heterocycles. The van der Waals surface area contributed by atoms with Crippen molar-refractivity contribution in [2.24, 2.45) is 0 Å². The van der Waals surface area contributed by atoms with Gasteiger partial charge in [-0.15, -0.1) is 0 Å². The minimum Gasteiger partial charge on any atom is -0.339 e. The first-order valence-corrected chi connectivity index (χ1v) is 8.28. The molecule has 1 aliphatic rings. The highest BCUT2D eigenvalue weighted by Crippen LogP contribution is 2.32. The number of amides is 1. The molecule has 0 spiro atoms. The third-order valence-corrected chi connectivity index (χ3v) is 4.26. The largest absolute Gasteiger partial charge is 0.339 e. The Labute approximate surface area is 136 Å². The molecule has 2 heterocycles. The zero-order valence-electron chi connectivity index (χ0n) is 14.0. The van der Waals surface area contributed by atoms with Crippen LogP contribution in [0.5, 0.6) is 0 Å². The lowest BCUT2D eigenvalue weighted by atomic mass is 10.1. The fourth-order valence-corrected chi connectivity index (χ4v) is 3.06. The highest BCUT2D eigenvalue weighted by atomic mass is 16.5. The first-order chi connectivity index (χ1) is 11.1. The number of aryl methyl sites for hydroxylation is 1. The Balaban J connectivity index is 1.57. The molecule has 1 aromatic carbocycles. The summed E-state index contributed by atoms with van der Waals surface area (Å²) in [5.74, 6) is 1.78. The van der Waals surface area contributed by atoms with Crippen molar-refractivity contribution in [1.82, 2.24) is 10.1 Å². The van der Waals surface area contributed by atoms with Gasteiger partial charge in [-0.2, -0.15) is 4.98 Å². The van der Waals surface area contributed by atoms with Gasteiger partial charge < -0.3 is 9.42 Å². The number of carbonyl (C=O) groups excluding carboxylic acids is 1. The molecule has 2 aromatic rings. The van der Waals surface area contributed by atoms with Crippen molar-refractivity contribution >= 4 is 11.6 Å².